The fraction of sp³-hybridized carbons (Fsp3) is 0.127. The van der Waals surface area contributed by atoms with Gasteiger partial charge in [-0.15, -0.1) is 0 Å². The molecular weight excluding hydrogens is 869 g/mol. The molecule has 0 radical (unpaired) electrons. The maximum Gasteiger partial charge on any atom is 0.238 e. The van der Waals surface area contributed by atoms with Crippen LogP contribution >= 0.6 is 0 Å². The zero-order valence-corrected chi connectivity index (χ0v) is 40.6. The topological polar surface area (TPSA) is 79.2 Å². The minimum absolute atomic E-state index is 0.0719. The lowest BCUT2D eigenvalue weighted by Gasteiger charge is -2.21. The van der Waals surface area contributed by atoms with Crippen molar-refractivity contribution in [3.05, 3.63) is 205 Å². The van der Waals surface area contributed by atoms with Crippen molar-refractivity contribution in [3.8, 4) is 51.7 Å². The van der Waals surface area contributed by atoms with Gasteiger partial charge in [0.05, 0.1) is 33.1 Å². The first-order chi connectivity index (χ1) is 34.5. The number of hydrogen-bond acceptors (Lipinski definition) is 5. The van der Waals surface area contributed by atoms with Gasteiger partial charge in [0.2, 0.25) is 5.95 Å². The summed E-state index contributed by atoms with van der Waals surface area (Å²) in [5.41, 5.74) is 10.8. The molecule has 13 aromatic rings. The highest BCUT2D eigenvalue weighted by Gasteiger charge is 2.30. The first-order valence-corrected chi connectivity index (χ1v) is 24.4. The Hall–Kier alpha value is -8.75. The van der Waals surface area contributed by atoms with E-state index in [2.05, 4.69) is 189 Å². The van der Waals surface area contributed by atoms with E-state index in [0.717, 1.165) is 76.5 Å². The molecule has 0 spiro atoms. The zero-order valence-electron chi connectivity index (χ0n) is 40.6. The number of rotatable bonds is 6. The third-order valence-corrected chi connectivity index (χ3v) is 14.1. The summed E-state index contributed by atoms with van der Waals surface area (Å²) in [5, 5.41) is 6.75. The molecule has 0 saturated carbocycles. The molecule has 0 aliphatic heterocycles. The van der Waals surface area contributed by atoms with Crippen LogP contribution in [0.4, 0.5) is 0 Å². The summed E-state index contributed by atoms with van der Waals surface area (Å²) in [5.74, 6) is 3.35. The fourth-order valence-electron chi connectivity index (χ4n) is 10.4. The lowest BCUT2D eigenvalue weighted by atomic mass is 9.85. The van der Waals surface area contributed by atoms with E-state index in [9.17, 15) is 0 Å². The van der Waals surface area contributed by atoms with Crippen LogP contribution in [0.15, 0.2) is 194 Å². The molecular formula is C63H50N8. The summed E-state index contributed by atoms with van der Waals surface area (Å²) in [6.07, 6.45) is 0. The van der Waals surface area contributed by atoms with Crippen molar-refractivity contribution >= 4 is 65.4 Å². The Kier molecular flexibility index (Phi) is 9.49. The van der Waals surface area contributed by atoms with Crippen molar-refractivity contribution < 1.29 is 0 Å². The van der Waals surface area contributed by atoms with Gasteiger partial charge in [0.25, 0.3) is 0 Å². The van der Waals surface area contributed by atoms with Crippen LogP contribution in [0.2, 0.25) is 0 Å². The summed E-state index contributed by atoms with van der Waals surface area (Å²) in [6, 6.07) is 68.4. The first kappa shape index (κ1) is 42.4. The van der Waals surface area contributed by atoms with E-state index in [1.54, 1.807) is 0 Å². The van der Waals surface area contributed by atoms with Crippen LogP contribution in [-0.4, -0.2) is 38.6 Å². The molecule has 5 heterocycles. The molecule has 8 nitrogen and oxygen atoms in total. The van der Waals surface area contributed by atoms with E-state index in [0.29, 0.717) is 40.6 Å². The molecule has 0 amide bonds. The third-order valence-electron chi connectivity index (χ3n) is 14.1. The van der Waals surface area contributed by atoms with Crippen molar-refractivity contribution in [2.75, 3.05) is 0 Å². The van der Waals surface area contributed by atoms with Crippen molar-refractivity contribution in [3.63, 3.8) is 0 Å². The van der Waals surface area contributed by atoms with Gasteiger partial charge in [-0.05, 0) is 70.5 Å². The van der Waals surface area contributed by atoms with E-state index in [4.69, 9.17) is 24.9 Å². The van der Waals surface area contributed by atoms with Crippen LogP contribution in [0.3, 0.4) is 0 Å². The molecule has 5 aromatic heterocycles. The second-order valence-corrected chi connectivity index (χ2v) is 20.6. The van der Waals surface area contributed by atoms with Gasteiger partial charge in [0.15, 0.2) is 29.1 Å². The molecule has 0 saturated heterocycles. The quantitative estimate of drug-likeness (QED) is 0.166. The predicted molar refractivity (Wildman–Crippen MR) is 292 cm³/mol. The summed E-state index contributed by atoms with van der Waals surface area (Å²) in [6.45, 7) is 13.7. The van der Waals surface area contributed by atoms with Crippen LogP contribution in [0, 0.1) is 0 Å². The number of para-hydroxylation sites is 4. The normalized spacial score (nSPS) is 12.4. The second kappa shape index (κ2) is 15.9. The average molecular weight is 919 g/mol. The first-order valence-electron chi connectivity index (χ1n) is 24.4. The molecule has 0 bridgehead atoms. The predicted octanol–water partition coefficient (Wildman–Crippen LogP) is 15.5. The van der Waals surface area contributed by atoms with E-state index >= 15 is 0 Å². The van der Waals surface area contributed by atoms with Crippen molar-refractivity contribution in [1.29, 1.82) is 0 Å². The molecule has 71 heavy (non-hydrogen) atoms. The molecule has 8 heteroatoms. The standard InChI is InChI=1S/C63H50N8/c1-62(2,3)41-33-35-53-47(37-41)48-38-42(63(4,5)6)34-36-54(48)71(53)61-67-59(69-49-29-17-13-25-43(49)44-26-14-18-30-50(44)69)55(60(68-61)70-51-31-19-15-27-45(51)46-28-16-20-32-52(46)70)58-65-56(39-21-9-7-10-22-39)64-57(66-58)40-23-11-8-12-24-40/h7-38H,1-6H3. The van der Waals surface area contributed by atoms with Gasteiger partial charge in [0.1, 0.15) is 5.56 Å². The Labute approximate surface area is 411 Å². The number of hydrogen-bond donors (Lipinski definition) is 0. The highest BCUT2D eigenvalue weighted by atomic mass is 15.2. The Balaban J connectivity index is 1.26. The van der Waals surface area contributed by atoms with Crippen LogP contribution in [0.25, 0.3) is 117 Å². The molecule has 0 unspecified atom stereocenters. The molecule has 0 fully saturated rings. The largest absolute Gasteiger partial charge is 0.293 e. The van der Waals surface area contributed by atoms with E-state index in [1.165, 1.54) is 11.1 Å². The summed E-state index contributed by atoms with van der Waals surface area (Å²) >= 11 is 0. The van der Waals surface area contributed by atoms with E-state index < -0.39 is 0 Å². The molecule has 0 atom stereocenters. The highest BCUT2D eigenvalue weighted by Crippen LogP contribution is 2.43. The maximum absolute atomic E-state index is 5.91. The van der Waals surface area contributed by atoms with Gasteiger partial charge < -0.3 is 0 Å². The number of fused-ring (bicyclic) bond motifs is 9. The number of nitrogens with zero attached hydrogens (tertiary/aromatic N) is 8. The Morgan fingerprint density at radius 1 is 0.296 bits per heavy atom. The second-order valence-electron chi connectivity index (χ2n) is 20.6. The molecule has 0 aliphatic carbocycles. The molecule has 0 aliphatic rings. The smallest absolute Gasteiger partial charge is 0.238 e. The summed E-state index contributed by atoms with van der Waals surface area (Å²) < 4.78 is 6.85. The van der Waals surface area contributed by atoms with Crippen molar-refractivity contribution in [2.45, 2.75) is 52.4 Å². The fourth-order valence-corrected chi connectivity index (χ4v) is 10.4. The van der Waals surface area contributed by atoms with E-state index in [-0.39, 0.29) is 10.8 Å². The number of aromatic nitrogens is 8. The van der Waals surface area contributed by atoms with Gasteiger partial charge in [-0.25, -0.2) is 15.0 Å². The van der Waals surface area contributed by atoms with E-state index in [1.807, 2.05) is 60.7 Å². The van der Waals surface area contributed by atoms with Gasteiger partial charge in [0, 0.05) is 43.4 Å². The zero-order chi connectivity index (χ0) is 48.2. The lowest BCUT2D eigenvalue weighted by Crippen LogP contribution is -2.15. The average Bonchev–Trinajstić information content (AvgIpc) is 4.04. The van der Waals surface area contributed by atoms with Crippen LogP contribution in [0.5, 0.6) is 0 Å². The summed E-state index contributed by atoms with van der Waals surface area (Å²) in [4.78, 5) is 28.0. The van der Waals surface area contributed by atoms with Gasteiger partial charge in [-0.1, -0.05) is 187 Å². The minimum Gasteiger partial charge on any atom is -0.293 e. The van der Waals surface area contributed by atoms with Gasteiger partial charge >= 0.3 is 0 Å². The van der Waals surface area contributed by atoms with Gasteiger partial charge in [-0.3, -0.25) is 13.7 Å². The summed E-state index contributed by atoms with van der Waals surface area (Å²) in [7, 11) is 0. The Morgan fingerprint density at radius 3 is 0.986 bits per heavy atom. The van der Waals surface area contributed by atoms with Crippen LogP contribution in [0.1, 0.15) is 52.7 Å². The minimum atomic E-state index is -0.0719. The highest BCUT2D eigenvalue weighted by molar-refractivity contribution is 6.12. The third kappa shape index (κ3) is 6.84. The molecule has 8 aromatic carbocycles. The van der Waals surface area contributed by atoms with Gasteiger partial charge in [-0.2, -0.15) is 9.97 Å². The molecule has 13 rings (SSSR count). The van der Waals surface area contributed by atoms with Crippen molar-refractivity contribution in [1.82, 2.24) is 38.6 Å². The number of benzene rings is 8. The Morgan fingerprint density at radius 2 is 0.620 bits per heavy atom. The SMILES string of the molecule is CC(C)(C)c1ccc2c(c1)c1cc(C(C)(C)C)ccc1n2-c1nc(-n2c3ccccc3c3ccccc32)c(-c2nc(-c3ccccc3)nc(-c3ccccc3)n2)c(-n2c3ccccc3c3ccccc32)n1. The molecule has 342 valence electrons. The monoisotopic (exact) mass is 918 g/mol. The lowest BCUT2D eigenvalue weighted by molar-refractivity contribution is 0.590. The maximum atomic E-state index is 5.91. The van der Waals surface area contributed by atoms with Crippen LogP contribution in [-0.2, 0) is 10.8 Å². The van der Waals surface area contributed by atoms with Crippen molar-refractivity contribution in [2.24, 2.45) is 0 Å². The Bertz CT molecular complexity index is 3870. The van der Waals surface area contributed by atoms with Crippen LogP contribution < -0.4 is 0 Å². The molecule has 0 N–H and O–H groups in total.